The molecule has 1 fully saturated rings. The van der Waals surface area contributed by atoms with Gasteiger partial charge < -0.3 is 5.32 Å². The largest absolute Gasteiger partial charge is 0.314 e. The molecule has 1 heteroatoms. The smallest absolute Gasteiger partial charge is 0.00673 e. The summed E-state index contributed by atoms with van der Waals surface area (Å²) >= 11 is 0. The number of hydrogen-bond donors (Lipinski definition) is 1. The molecule has 0 bridgehead atoms. The van der Waals surface area contributed by atoms with Crippen molar-refractivity contribution >= 4 is 0 Å². The van der Waals surface area contributed by atoms with Gasteiger partial charge in [0.05, 0.1) is 0 Å². The van der Waals surface area contributed by atoms with E-state index in [9.17, 15) is 0 Å². The van der Waals surface area contributed by atoms with Crippen LogP contribution in [0.5, 0.6) is 0 Å². The molecule has 0 amide bonds. The standard InChI is InChI=1S/C14H25N/c1-12-6-8-14(9-7-12)15-11-10-13-4-2-3-5-13/h4,12,14-15H,2-3,5-11H2,1H3. The van der Waals surface area contributed by atoms with Gasteiger partial charge in [0.1, 0.15) is 0 Å². The van der Waals surface area contributed by atoms with Crippen LogP contribution < -0.4 is 5.32 Å². The van der Waals surface area contributed by atoms with E-state index in [4.69, 9.17) is 0 Å². The van der Waals surface area contributed by atoms with Crippen molar-refractivity contribution in [1.29, 1.82) is 0 Å². The molecule has 1 N–H and O–H groups in total. The first-order valence-corrected chi connectivity index (χ1v) is 6.76. The highest BCUT2D eigenvalue weighted by atomic mass is 14.9. The van der Waals surface area contributed by atoms with Gasteiger partial charge >= 0.3 is 0 Å². The van der Waals surface area contributed by atoms with Crippen LogP contribution in [0.3, 0.4) is 0 Å². The molecule has 1 saturated carbocycles. The lowest BCUT2D eigenvalue weighted by Gasteiger charge is -2.27. The Labute approximate surface area is 94.3 Å². The molecule has 0 aromatic heterocycles. The van der Waals surface area contributed by atoms with Crippen LogP contribution in [0.2, 0.25) is 0 Å². The average Bonchev–Trinajstić information content (AvgIpc) is 2.74. The SMILES string of the molecule is CC1CCC(NCCC2=CCCC2)CC1. The first-order valence-electron chi connectivity index (χ1n) is 6.76. The summed E-state index contributed by atoms with van der Waals surface area (Å²) in [5.74, 6) is 0.973. The highest BCUT2D eigenvalue weighted by Gasteiger charge is 2.17. The minimum atomic E-state index is 0.822. The molecular weight excluding hydrogens is 182 g/mol. The van der Waals surface area contributed by atoms with Crippen molar-refractivity contribution in [2.45, 2.75) is 64.3 Å². The lowest BCUT2D eigenvalue weighted by atomic mass is 9.87. The Morgan fingerprint density at radius 1 is 1.27 bits per heavy atom. The van der Waals surface area contributed by atoms with E-state index in [-0.39, 0.29) is 0 Å². The molecule has 0 aromatic rings. The normalized spacial score (nSPS) is 31.7. The molecule has 2 aliphatic carbocycles. The Bertz CT molecular complexity index is 211. The fourth-order valence-electron chi connectivity index (χ4n) is 2.87. The van der Waals surface area contributed by atoms with Crippen LogP contribution in [0.4, 0.5) is 0 Å². The molecule has 0 aliphatic heterocycles. The zero-order valence-corrected chi connectivity index (χ0v) is 10.1. The molecule has 0 unspecified atom stereocenters. The third-order valence-corrected chi connectivity index (χ3v) is 4.03. The molecular formula is C14H25N. The van der Waals surface area contributed by atoms with Gasteiger partial charge in [0.15, 0.2) is 0 Å². The van der Waals surface area contributed by atoms with Crippen LogP contribution in [0.1, 0.15) is 58.3 Å². The van der Waals surface area contributed by atoms with Crippen molar-refractivity contribution in [3.05, 3.63) is 11.6 Å². The lowest BCUT2D eigenvalue weighted by molar-refractivity contribution is 0.309. The van der Waals surface area contributed by atoms with Crippen molar-refractivity contribution in [2.75, 3.05) is 6.54 Å². The zero-order valence-electron chi connectivity index (χ0n) is 10.1. The minimum absolute atomic E-state index is 0.822. The Kier molecular flexibility index (Phi) is 4.25. The summed E-state index contributed by atoms with van der Waals surface area (Å²) in [6.07, 6.45) is 13.5. The van der Waals surface area contributed by atoms with Crippen molar-refractivity contribution in [3.8, 4) is 0 Å². The van der Waals surface area contributed by atoms with Crippen LogP contribution in [-0.2, 0) is 0 Å². The van der Waals surface area contributed by atoms with Crippen molar-refractivity contribution < 1.29 is 0 Å². The Morgan fingerprint density at radius 2 is 2.07 bits per heavy atom. The fraction of sp³-hybridized carbons (Fsp3) is 0.857. The second kappa shape index (κ2) is 5.69. The summed E-state index contributed by atoms with van der Waals surface area (Å²) in [7, 11) is 0. The molecule has 0 aromatic carbocycles. The average molecular weight is 207 g/mol. The zero-order chi connectivity index (χ0) is 10.5. The van der Waals surface area contributed by atoms with Gasteiger partial charge in [0.2, 0.25) is 0 Å². The fourth-order valence-corrected chi connectivity index (χ4v) is 2.87. The molecule has 0 atom stereocenters. The third kappa shape index (κ3) is 3.64. The molecule has 15 heavy (non-hydrogen) atoms. The van der Waals surface area contributed by atoms with Gasteiger partial charge in [0.25, 0.3) is 0 Å². The van der Waals surface area contributed by atoms with Crippen molar-refractivity contribution in [3.63, 3.8) is 0 Å². The van der Waals surface area contributed by atoms with E-state index in [2.05, 4.69) is 18.3 Å². The van der Waals surface area contributed by atoms with Gasteiger partial charge in [-0.15, -0.1) is 0 Å². The number of rotatable bonds is 4. The predicted molar refractivity (Wildman–Crippen MR) is 66.0 cm³/mol. The highest BCUT2D eigenvalue weighted by molar-refractivity contribution is 5.07. The number of allylic oxidation sites excluding steroid dienone is 1. The molecule has 2 rings (SSSR count). The van der Waals surface area contributed by atoms with Gasteiger partial charge in [-0.2, -0.15) is 0 Å². The Hall–Kier alpha value is -0.300. The maximum atomic E-state index is 3.73. The van der Waals surface area contributed by atoms with Crippen LogP contribution in [0, 0.1) is 5.92 Å². The van der Waals surface area contributed by atoms with E-state index in [1.54, 1.807) is 5.57 Å². The summed E-state index contributed by atoms with van der Waals surface area (Å²) in [5.41, 5.74) is 1.70. The summed E-state index contributed by atoms with van der Waals surface area (Å²) in [4.78, 5) is 0. The lowest BCUT2D eigenvalue weighted by Crippen LogP contribution is -2.33. The minimum Gasteiger partial charge on any atom is -0.314 e. The molecule has 0 radical (unpaired) electrons. The van der Waals surface area contributed by atoms with Gasteiger partial charge in [-0.25, -0.2) is 0 Å². The predicted octanol–water partition coefficient (Wildman–Crippen LogP) is 3.66. The van der Waals surface area contributed by atoms with E-state index < -0.39 is 0 Å². The van der Waals surface area contributed by atoms with Gasteiger partial charge in [-0.05, 0) is 63.8 Å². The Morgan fingerprint density at radius 3 is 2.73 bits per heavy atom. The third-order valence-electron chi connectivity index (χ3n) is 4.03. The first-order chi connectivity index (χ1) is 7.34. The van der Waals surface area contributed by atoms with E-state index in [1.807, 2.05) is 0 Å². The van der Waals surface area contributed by atoms with E-state index in [0.717, 1.165) is 12.0 Å². The molecule has 0 heterocycles. The maximum absolute atomic E-state index is 3.73. The first kappa shape index (κ1) is 11.2. The van der Waals surface area contributed by atoms with E-state index >= 15 is 0 Å². The maximum Gasteiger partial charge on any atom is 0.00673 e. The summed E-state index contributed by atoms with van der Waals surface area (Å²) in [5, 5.41) is 3.73. The highest BCUT2D eigenvalue weighted by Crippen LogP contribution is 2.24. The topological polar surface area (TPSA) is 12.0 Å². The van der Waals surface area contributed by atoms with Crippen LogP contribution >= 0.6 is 0 Å². The Balaban J connectivity index is 1.57. The van der Waals surface area contributed by atoms with E-state index in [0.29, 0.717) is 0 Å². The second-order valence-electron chi connectivity index (χ2n) is 5.42. The van der Waals surface area contributed by atoms with Gasteiger partial charge in [-0.1, -0.05) is 18.6 Å². The summed E-state index contributed by atoms with van der Waals surface area (Å²) < 4.78 is 0. The molecule has 2 aliphatic rings. The number of hydrogen-bond acceptors (Lipinski definition) is 1. The quantitative estimate of drug-likeness (QED) is 0.694. The van der Waals surface area contributed by atoms with Crippen LogP contribution in [0.15, 0.2) is 11.6 Å². The second-order valence-corrected chi connectivity index (χ2v) is 5.42. The van der Waals surface area contributed by atoms with Crippen LogP contribution in [-0.4, -0.2) is 12.6 Å². The summed E-state index contributed by atoms with van der Waals surface area (Å²) in [6, 6.07) is 0.822. The van der Waals surface area contributed by atoms with Gasteiger partial charge in [0, 0.05) is 6.04 Å². The monoisotopic (exact) mass is 207 g/mol. The number of nitrogens with one attached hydrogen (secondary N) is 1. The summed E-state index contributed by atoms with van der Waals surface area (Å²) in [6.45, 7) is 3.60. The van der Waals surface area contributed by atoms with E-state index in [1.165, 1.54) is 57.9 Å². The molecule has 0 spiro atoms. The van der Waals surface area contributed by atoms with Gasteiger partial charge in [-0.3, -0.25) is 0 Å². The molecule has 1 nitrogen and oxygen atoms in total. The van der Waals surface area contributed by atoms with Crippen molar-refractivity contribution in [2.24, 2.45) is 5.92 Å². The molecule has 86 valence electrons. The van der Waals surface area contributed by atoms with Crippen LogP contribution in [0.25, 0.3) is 0 Å². The molecule has 0 saturated heterocycles. The van der Waals surface area contributed by atoms with Crippen molar-refractivity contribution in [1.82, 2.24) is 5.32 Å².